The first-order chi connectivity index (χ1) is 18.8. The molecule has 2 fully saturated rings. The number of ether oxygens (including phenoxy) is 2. The number of Topliss-reactive ketones (excluding diaryl/α,β-unsaturated/α-hetero) is 1. The topological polar surface area (TPSA) is 93.1 Å². The number of hydrogen-bond donors (Lipinski definition) is 1. The van der Waals surface area contributed by atoms with Crippen LogP contribution in [0.3, 0.4) is 0 Å². The summed E-state index contributed by atoms with van der Waals surface area (Å²) in [5.74, 6) is 1.60. The van der Waals surface area contributed by atoms with Gasteiger partial charge in [-0.05, 0) is 90.6 Å². The van der Waals surface area contributed by atoms with E-state index in [1.165, 1.54) is 4.31 Å². The van der Waals surface area contributed by atoms with Gasteiger partial charge in [0.2, 0.25) is 16.8 Å². The van der Waals surface area contributed by atoms with E-state index < -0.39 is 15.4 Å². The fraction of sp³-hybridized carbons (Fsp3) is 0.387. The highest BCUT2D eigenvalue weighted by molar-refractivity contribution is 7.89. The summed E-state index contributed by atoms with van der Waals surface area (Å²) >= 11 is 0. The van der Waals surface area contributed by atoms with Crippen molar-refractivity contribution in [1.29, 1.82) is 0 Å². The van der Waals surface area contributed by atoms with Gasteiger partial charge in [-0.25, -0.2) is 8.42 Å². The van der Waals surface area contributed by atoms with Crippen LogP contribution in [0, 0.1) is 12.8 Å². The van der Waals surface area contributed by atoms with E-state index in [-0.39, 0.29) is 30.0 Å². The van der Waals surface area contributed by atoms with Crippen LogP contribution in [0.1, 0.15) is 42.4 Å². The van der Waals surface area contributed by atoms with Gasteiger partial charge in [-0.3, -0.25) is 4.79 Å². The van der Waals surface area contributed by atoms with Crippen molar-refractivity contribution < 1.29 is 27.8 Å². The van der Waals surface area contributed by atoms with Crippen LogP contribution in [0.5, 0.6) is 11.5 Å². The summed E-state index contributed by atoms with van der Waals surface area (Å²) in [5, 5.41) is 9.50. The van der Waals surface area contributed by atoms with Crippen LogP contribution in [-0.2, 0) is 26.7 Å². The summed E-state index contributed by atoms with van der Waals surface area (Å²) in [5.41, 5.74) is 4.40. The van der Waals surface area contributed by atoms with Gasteiger partial charge in [0, 0.05) is 26.1 Å². The van der Waals surface area contributed by atoms with Gasteiger partial charge in [-0.2, -0.15) is 4.31 Å². The summed E-state index contributed by atoms with van der Waals surface area (Å²) in [4.78, 5) is 13.8. The normalized spacial score (nSPS) is 20.1. The van der Waals surface area contributed by atoms with Gasteiger partial charge >= 0.3 is 0 Å². The highest BCUT2D eigenvalue weighted by Crippen LogP contribution is 2.51. The van der Waals surface area contributed by atoms with E-state index in [1.807, 2.05) is 55.5 Å². The number of aryl methyl sites for hydroxylation is 1. The summed E-state index contributed by atoms with van der Waals surface area (Å²) in [6.45, 7) is 3.05. The molecule has 8 heteroatoms. The molecule has 2 heterocycles. The van der Waals surface area contributed by atoms with Gasteiger partial charge in [0.25, 0.3) is 0 Å². The van der Waals surface area contributed by atoms with Gasteiger partial charge < -0.3 is 14.6 Å². The number of carbonyl (C=O) groups is 1. The van der Waals surface area contributed by atoms with Gasteiger partial charge in [-0.1, -0.05) is 36.4 Å². The molecule has 3 aliphatic rings. The molecule has 2 aliphatic heterocycles. The lowest BCUT2D eigenvalue weighted by atomic mass is 9.87. The first-order valence-electron chi connectivity index (χ1n) is 13.5. The standard InChI is InChI=1S/C31H33NO6S/c1-21-4-5-22(16-30(34)31(12-13-31)25-8-11-28-29(17-25)38-20-37-28)15-27(21)24-6-9-26(10-7-24)39(35,36)32-14-2-3-23(18-32)19-33/h4-11,15,17,23,33H,2-3,12-14,16,18-20H2,1H3. The predicted molar refractivity (Wildman–Crippen MR) is 147 cm³/mol. The maximum absolute atomic E-state index is 13.5. The van der Waals surface area contributed by atoms with E-state index in [0.29, 0.717) is 31.0 Å². The van der Waals surface area contributed by atoms with E-state index in [1.54, 1.807) is 12.1 Å². The first kappa shape index (κ1) is 26.0. The Bertz CT molecular complexity index is 1510. The van der Waals surface area contributed by atoms with E-state index in [0.717, 1.165) is 53.5 Å². The average molecular weight is 548 g/mol. The molecule has 1 aliphatic carbocycles. The fourth-order valence-electron chi connectivity index (χ4n) is 5.84. The SMILES string of the molecule is Cc1ccc(CC(=O)C2(c3ccc4c(c3)OCO4)CC2)cc1-c1ccc(S(=O)(=O)N2CCCC(CO)C2)cc1. The number of rotatable bonds is 8. The maximum Gasteiger partial charge on any atom is 0.243 e. The minimum atomic E-state index is -3.62. The van der Waals surface area contributed by atoms with Crippen LogP contribution >= 0.6 is 0 Å². The molecule has 1 atom stereocenters. The number of piperidine rings is 1. The van der Waals surface area contributed by atoms with Crippen LogP contribution in [-0.4, -0.2) is 50.1 Å². The molecular formula is C31H33NO6S. The zero-order chi connectivity index (χ0) is 27.2. The quantitative estimate of drug-likeness (QED) is 0.442. The van der Waals surface area contributed by atoms with Crippen LogP contribution < -0.4 is 9.47 Å². The van der Waals surface area contributed by atoms with E-state index in [4.69, 9.17) is 9.47 Å². The van der Waals surface area contributed by atoms with Crippen molar-refractivity contribution >= 4 is 15.8 Å². The lowest BCUT2D eigenvalue weighted by Gasteiger charge is -2.31. The molecule has 0 amide bonds. The van der Waals surface area contributed by atoms with Crippen molar-refractivity contribution in [2.45, 2.75) is 49.3 Å². The van der Waals surface area contributed by atoms with E-state index in [2.05, 4.69) is 0 Å². The largest absolute Gasteiger partial charge is 0.454 e. The average Bonchev–Trinajstić information content (AvgIpc) is 3.64. The third-order valence-corrected chi connectivity index (χ3v) is 10.3. The van der Waals surface area contributed by atoms with Crippen molar-refractivity contribution in [2.75, 3.05) is 26.5 Å². The Morgan fingerprint density at radius 2 is 1.79 bits per heavy atom. The molecule has 0 bridgehead atoms. The lowest BCUT2D eigenvalue weighted by molar-refractivity contribution is -0.120. The Balaban J connectivity index is 1.20. The second-order valence-electron chi connectivity index (χ2n) is 11.0. The second-order valence-corrected chi connectivity index (χ2v) is 12.9. The number of aliphatic hydroxyl groups is 1. The molecule has 204 valence electrons. The number of aliphatic hydroxyl groups excluding tert-OH is 1. The Labute approximate surface area is 229 Å². The monoisotopic (exact) mass is 547 g/mol. The number of hydrogen-bond acceptors (Lipinski definition) is 6. The molecule has 39 heavy (non-hydrogen) atoms. The van der Waals surface area contributed by atoms with Gasteiger partial charge in [-0.15, -0.1) is 0 Å². The number of benzene rings is 3. The van der Waals surface area contributed by atoms with Gasteiger partial charge in [0.1, 0.15) is 5.78 Å². The Hall–Kier alpha value is -3.20. The van der Waals surface area contributed by atoms with Crippen molar-refractivity contribution in [3.05, 3.63) is 77.4 Å². The molecule has 3 aromatic rings. The molecule has 1 saturated carbocycles. The van der Waals surface area contributed by atoms with Crippen LogP contribution in [0.2, 0.25) is 0 Å². The summed E-state index contributed by atoms with van der Waals surface area (Å²) < 4.78 is 38.9. The molecule has 1 saturated heterocycles. The molecule has 0 radical (unpaired) electrons. The van der Waals surface area contributed by atoms with Crippen LogP contribution in [0.15, 0.2) is 65.6 Å². The van der Waals surface area contributed by atoms with Gasteiger partial charge in [0.15, 0.2) is 11.5 Å². The van der Waals surface area contributed by atoms with Crippen LogP contribution in [0.4, 0.5) is 0 Å². The lowest BCUT2D eigenvalue weighted by Crippen LogP contribution is -2.40. The van der Waals surface area contributed by atoms with Gasteiger partial charge in [0.05, 0.1) is 10.3 Å². The molecular weight excluding hydrogens is 514 g/mol. The maximum atomic E-state index is 13.5. The Morgan fingerprint density at radius 1 is 1.03 bits per heavy atom. The minimum Gasteiger partial charge on any atom is -0.454 e. The number of ketones is 1. The number of sulfonamides is 1. The minimum absolute atomic E-state index is 0.000883. The van der Waals surface area contributed by atoms with Crippen molar-refractivity contribution in [2.24, 2.45) is 5.92 Å². The molecule has 1 unspecified atom stereocenters. The van der Waals surface area contributed by atoms with E-state index >= 15 is 0 Å². The molecule has 1 N–H and O–H groups in total. The zero-order valence-electron chi connectivity index (χ0n) is 22.1. The first-order valence-corrected chi connectivity index (χ1v) is 15.0. The number of carbonyl (C=O) groups excluding carboxylic acids is 1. The van der Waals surface area contributed by atoms with Crippen LogP contribution in [0.25, 0.3) is 11.1 Å². The van der Waals surface area contributed by atoms with Crippen molar-refractivity contribution in [3.63, 3.8) is 0 Å². The number of fused-ring (bicyclic) bond motifs is 1. The third kappa shape index (κ3) is 4.86. The van der Waals surface area contributed by atoms with E-state index in [9.17, 15) is 18.3 Å². The molecule has 3 aromatic carbocycles. The zero-order valence-corrected chi connectivity index (χ0v) is 22.9. The number of nitrogens with zero attached hydrogens (tertiary/aromatic N) is 1. The molecule has 6 rings (SSSR count). The summed E-state index contributed by atoms with van der Waals surface area (Å²) in [7, 11) is -3.62. The molecule has 0 aromatic heterocycles. The predicted octanol–water partition coefficient (Wildman–Crippen LogP) is 4.63. The molecule has 0 spiro atoms. The second kappa shape index (κ2) is 10.1. The fourth-order valence-corrected chi connectivity index (χ4v) is 7.40. The van der Waals surface area contributed by atoms with Crippen molar-refractivity contribution in [3.8, 4) is 22.6 Å². The summed E-state index contributed by atoms with van der Waals surface area (Å²) in [6.07, 6.45) is 3.59. The highest BCUT2D eigenvalue weighted by Gasteiger charge is 2.50. The Kier molecular flexibility index (Phi) is 6.73. The highest BCUT2D eigenvalue weighted by atomic mass is 32.2. The van der Waals surface area contributed by atoms with Crippen molar-refractivity contribution in [1.82, 2.24) is 4.31 Å². The third-order valence-electron chi connectivity index (χ3n) is 8.42. The summed E-state index contributed by atoms with van der Waals surface area (Å²) in [6, 6.07) is 18.8. The smallest absolute Gasteiger partial charge is 0.243 e. The molecule has 7 nitrogen and oxygen atoms in total. The Morgan fingerprint density at radius 3 is 2.54 bits per heavy atom.